The van der Waals surface area contributed by atoms with E-state index in [0.717, 1.165) is 22.0 Å². The molecule has 0 fully saturated rings. The standard InChI is InChI=1S/C17H23NO2S/c1-12(2)18-10-15-6-7-16(20-15)11-21(19)17-8-5-13(3)9-14(17)4/h5-9,12,18H,10-11H2,1-4H3. The highest BCUT2D eigenvalue weighted by Crippen LogP contribution is 2.19. The zero-order valence-electron chi connectivity index (χ0n) is 13.1. The first kappa shape index (κ1) is 16.0. The second-order valence-electron chi connectivity index (χ2n) is 5.66. The summed E-state index contributed by atoms with van der Waals surface area (Å²) in [4.78, 5) is 0.888. The molecule has 0 aliphatic carbocycles. The maximum absolute atomic E-state index is 12.5. The summed E-state index contributed by atoms with van der Waals surface area (Å²) in [6, 6.07) is 10.3. The van der Waals surface area contributed by atoms with Crippen LogP contribution in [0.2, 0.25) is 0 Å². The van der Waals surface area contributed by atoms with Crippen molar-refractivity contribution in [2.45, 2.75) is 50.9 Å². The molecule has 4 heteroatoms. The molecule has 2 rings (SSSR count). The fourth-order valence-corrected chi connectivity index (χ4v) is 3.37. The molecule has 0 radical (unpaired) electrons. The number of hydrogen-bond acceptors (Lipinski definition) is 3. The average molecular weight is 305 g/mol. The summed E-state index contributed by atoms with van der Waals surface area (Å²) in [6.07, 6.45) is 0. The molecular formula is C17H23NO2S. The normalized spacial score (nSPS) is 12.8. The Morgan fingerprint density at radius 2 is 1.86 bits per heavy atom. The van der Waals surface area contributed by atoms with Crippen LogP contribution in [0, 0.1) is 13.8 Å². The van der Waals surface area contributed by atoms with Crippen LogP contribution in [0.4, 0.5) is 0 Å². The van der Waals surface area contributed by atoms with Gasteiger partial charge in [0.05, 0.1) is 23.1 Å². The molecule has 0 aliphatic heterocycles. The zero-order chi connectivity index (χ0) is 15.4. The van der Waals surface area contributed by atoms with Crippen LogP contribution in [0.15, 0.2) is 39.6 Å². The number of rotatable bonds is 6. The van der Waals surface area contributed by atoms with Crippen molar-refractivity contribution in [1.29, 1.82) is 0 Å². The smallest absolute Gasteiger partial charge is 0.118 e. The Morgan fingerprint density at radius 3 is 2.52 bits per heavy atom. The van der Waals surface area contributed by atoms with Crippen molar-refractivity contribution in [3.63, 3.8) is 0 Å². The van der Waals surface area contributed by atoms with Gasteiger partial charge in [0.2, 0.25) is 0 Å². The third-order valence-corrected chi connectivity index (χ3v) is 4.75. The van der Waals surface area contributed by atoms with Crippen LogP contribution in [-0.2, 0) is 23.1 Å². The quantitative estimate of drug-likeness (QED) is 0.885. The van der Waals surface area contributed by atoms with Gasteiger partial charge in [-0.3, -0.25) is 4.21 Å². The third-order valence-electron chi connectivity index (χ3n) is 3.25. The van der Waals surface area contributed by atoms with E-state index in [2.05, 4.69) is 25.2 Å². The van der Waals surface area contributed by atoms with E-state index in [1.807, 2.05) is 38.1 Å². The molecule has 0 spiro atoms. The second-order valence-corrected chi connectivity index (χ2v) is 7.08. The van der Waals surface area contributed by atoms with E-state index >= 15 is 0 Å². The summed E-state index contributed by atoms with van der Waals surface area (Å²) in [5, 5.41) is 3.31. The van der Waals surface area contributed by atoms with E-state index in [1.54, 1.807) is 0 Å². The zero-order valence-corrected chi connectivity index (χ0v) is 13.9. The Labute approximate surface area is 129 Å². The molecule has 1 heterocycles. The first-order valence-corrected chi connectivity index (χ1v) is 8.54. The highest BCUT2D eigenvalue weighted by atomic mass is 32.2. The molecule has 1 unspecified atom stereocenters. The molecule has 0 aliphatic rings. The summed E-state index contributed by atoms with van der Waals surface area (Å²) >= 11 is 0. The minimum absolute atomic E-state index is 0.419. The van der Waals surface area contributed by atoms with Crippen molar-refractivity contribution in [3.05, 3.63) is 53.0 Å². The van der Waals surface area contributed by atoms with Crippen molar-refractivity contribution >= 4 is 10.8 Å². The van der Waals surface area contributed by atoms with Crippen LogP contribution in [0.25, 0.3) is 0 Å². The number of benzene rings is 1. The fraction of sp³-hybridized carbons (Fsp3) is 0.412. The molecule has 0 bridgehead atoms. The molecular weight excluding hydrogens is 282 g/mol. The predicted molar refractivity (Wildman–Crippen MR) is 86.7 cm³/mol. The van der Waals surface area contributed by atoms with Gasteiger partial charge in [-0.1, -0.05) is 31.5 Å². The minimum atomic E-state index is -1.07. The minimum Gasteiger partial charge on any atom is -0.464 e. The second kappa shape index (κ2) is 7.05. The molecule has 114 valence electrons. The van der Waals surface area contributed by atoms with Crippen LogP contribution < -0.4 is 5.32 Å². The van der Waals surface area contributed by atoms with E-state index < -0.39 is 10.8 Å². The van der Waals surface area contributed by atoms with Crippen molar-refractivity contribution < 1.29 is 8.63 Å². The van der Waals surface area contributed by atoms with Crippen molar-refractivity contribution in [1.82, 2.24) is 5.32 Å². The number of hydrogen-bond donors (Lipinski definition) is 1. The molecule has 0 saturated heterocycles. The van der Waals surface area contributed by atoms with E-state index in [-0.39, 0.29) is 0 Å². The van der Waals surface area contributed by atoms with E-state index in [0.29, 0.717) is 18.3 Å². The maximum atomic E-state index is 12.5. The first-order valence-electron chi connectivity index (χ1n) is 7.22. The number of aryl methyl sites for hydroxylation is 2. The van der Waals surface area contributed by atoms with Gasteiger partial charge in [-0.2, -0.15) is 0 Å². The molecule has 0 amide bonds. The maximum Gasteiger partial charge on any atom is 0.118 e. The monoisotopic (exact) mass is 305 g/mol. The number of furan rings is 1. The van der Waals surface area contributed by atoms with Crippen LogP contribution in [-0.4, -0.2) is 10.3 Å². The van der Waals surface area contributed by atoms with Gasteiger partial charge in [0.25, 0.3) is 0 Å². The Morgan fingerprint density at radius 1 is 1.14 bits per heavy atom. The Kier molecular flexibility index (Phi) is 5.37. The van der Waals surface area contributed by atoms with Crippen molar-refractivity contribution in [3.8, 4) is 0 Å². The molecule has 1 atom stereocenters. The number of nitrogens with one attached hydrogen (secondary N) is 1. The highest BCUT2D eigenvalue weighted by Gasteiger charge is 2.11. The lowest BCUT2D eigenvalue weighted by molar-refractivity contribution is 0.445. The Balaban J connectivity index is 2.02. The Bertz CT molecular complexity index is 631. The molecule has 2 aromatic rings. The summed E-state index contributed by atoms with van der Waals surface area (Å²) in [5.74, 6) is 2.08. The van der Waals surface area contributed by atoms with Crippen LogP contribution in [0.3, 0.4) is 0 Å². The van der Waals surface area contributed by atoms with Gasteiger partial charge < -0.3 is 9.73 Å². The fourth-order valence-electron chi connectivity index (χ4n) is 2.16. The van der Waals surface area contributed by atoms with E-state index in [9.17, 15) is 4.21 Å². The lowest BCUT2D eigenvalue weighted by atomic mass is 10.2. The molecule has 1 aromatic carbocycles. The van der Waals surface area contributed by atoms with Gasteiger partial charge >= 0.3 is 0 Å². The lowest BCUT2D eigenvalue weighted by Crippen LogP contribution is -2.21. The third kappa shape index (κ3) is 4.55. The van der Waals surface area contributed by atoms with Gasteiger partial charge in [0.1, 0.15) is 11.5 Å². The Hall–Kier alpha value is -1.39. The molecule has 1 N–H and O–H groups in total. The van der Waals surface area contributed by atoms with E-state index in [1.165, 1.54) is 5.56 Å². The highest BCUT2D eigenvalue weighted by molar-refractivity contribution is 7.84. The largest absolute Gasteiger partial charge is 0.464 e. The molecule has 0 saturated carbocycles. The van der Waals surface area contributed by atoms with Gasteiger partial charge in [-0.05, 0) is 37.6 Å². The summed E-state index contributed by atoms with van der Waals surface area (Å²) in [6.45, 7) is 8.94. The van der Waals surface area contributed by atoms with Crippen LogP contribution >= 0.6 is 0 Å². The summed E-state index contributed by atoms with van der Waals surface area (Å²) < 4.78 is 18.2. The van der Waals surface area contributed by atoms with Crippen molar-refractivity contribution in [2.24, 2.45) is 0 Å². The van der Waals surface area contributed by atoms with Crippen LogP contribution in [0.5, 0.6) is 0 Å². The summed E-state index contributed by atoms with van der Waals surface area (Å²) in [7, 11) is -1.07. The topological polar surface area (TPSA) is 42.2 Å². The average Bonchev–Trinajstić information content (AvgIpc) is 2.83. The predicted octanol–water partition coefficient (Wildman–Crippen LogP) is 3.70. The lowest BCUT2D eigenvalue weighted by Gasteiger charge is -2.06. The van der Waals surface area contributed by atoms with Crippen molar-refractivity contribution in [2.75, 3.05) is 0 Å². The van der Waals surface area contributed by atoms with Gasteiger partial charge in [-0.25, -0.2) is 0 Å². The van der Waals surface area contributed by atoms with E-state index in [4.69, 9.17) is 4.42 Å². The van der Waals surface area contributed by atoms with Gasteiger partial charge in [0, 0.05) is 10.9 Å². The summed E-state index contributed by atoms with van der Waals surface area (Å²) in [5.41, 5.74) is 2.26. The van der Waals surface area contributed by atoms with Crippen LogP contribution in [0.1, 0.15) is 36.5 Å². The SMILES string of the molecule is Cc1ccc(S(=O)Cc2ccc(CNC(C)C)o2)c(C)c1. The van der Waals surface area contributed by atoms with Gasteiger partial charge in [0.15, 0.2) is 0 Å². The molecule has 21 heavy (non-hydrogen) atoms. The molecule has 3 nitrogen and oxygen atoms in total. The first-order chi connectivity index (χ1) is 9.95. The molecule has 1 aromatic heterocycles. The van der Waals surface area contributed by atoms with Gasteiger partial charge in [-0.15, -0.1) is 0 Å².